The fraction of sp³-hybridized carbons (Fsp3) is 0.296. The van der Waals surface area contributed by atoms with Crippen LogP contribution in [0.4, 0.5) is 13.2 Å². The molecular weight excluding hydrogens is 531 g/mol. The van der Waals surface area contributed by atoms with E-state index in [9.17, 15) is 23.1 Å². The normalized spacial score (nSPS) is 15.8. The van der Waals surface area contributed by atoms with Crippen molar-refractivity contribution in [2.75, 3.05) is 33.3 Å². The van der Waals surface area contributed by atoms with E-state index in [0.29, 0.717) is 42.0 Å². The molecule has 0 bridgehead atoms. The minimum atomic E-state index is -4.72. The fourth-order valence-electron chi connectivity index (χ4n) is 4.93. The molecule has 1 amide bonds. The summed E-state index contributed by atoms with van der Waals surface area (Å²) in [7, 11) is 1.50. The van der Waals surface area contributed by atoms with E-state index >= 15 is 0 Å². The van der Waals surface area contributed by atoms with Crippen LogP contribution in [0.3, 0.4) is 0 Å². The molecule has 1 N–H and O–H groups in total. The third kappa shape index (κ3) is 5.09. The van der Waals surface area contributed by atoms with Crippen LogP contribution in [0, 0.1) is 6.92 Å². The Balaban J connectivity index is 1.47. The first-order valence-electron chi connectivity index (χ1n) is 12.2. The first-order chi connectivity index (χ1) is 18.7. The molecule has 4 aromatic rings. The van der Waals surface area contributed by atoms with Crippen LogP contribution >= 0.6 is 11.3 Å². The zero-order chi connectivity index (χ0) is 27.7. The van der Waals surface area contributed by atoms with Crippen LogP contribution in [0.25, 0.3) is 16.9 Å². The first kappa shape index (κ1) is 26.7. The van der Waals surface area contributed by atoms with E-state index in [-0.39, 0.29) is 28.5 Å². The summed E-state index contributed by atoms with van der Waals surface area (Å²) in [5.41, 5.74) is 0.415. The highest BCUT2D eigenvalue weighted by Gasteiger charge is 2.39. The van der Waals surface area contributed by atoms with Gasteiger partial charge in [-0.05, 0) is 59.7 Å². The third-order valence-corrected chi connectivity index (χ3v) is 7.60. The summed E-state index contributed by atoms with van der Waals surface area (Å²) in [6, 6.07) is 8.40. The van der Waals surface area contributed by atoms with Crippen molar-refractivity contribution in [3.8, 4) is 17.0 Å². The number of methoxy groups -OCH3 is 1. The smallest absolute Gasteiger partial charge is 0.433 e. The number of aromatic nitrogens is 3. The number of alkyl halides is 3. The molecule has 1 aromatic carbocycles. The summed E-state index contributed by atoms with van der Waals surface area (Å²) in [4.78, 5) is 21.8. The number of thiophene rings is 1. The molecule has 0 saturated carbocycles. The zero-order valence-electron chi connectivity index (χ0n) is 21.2. The Morgan fingerprint density at radius 3 is 2.46 bits per heavy atom. The van der Waals surface area contributed by atoms with Gasteiger partial charge in [0.2, 0.25) is 0 Å². The van der Waals surface area contributed by atoms with Crippen molar-refractivity contribution in [3.63, 3.8) is 0 Å². The molecule has 0 radical (unpaired) electrons. The van der Waals surface area contributed by atoms with Crippen molar-refractivity contribution in [2.45, 2.75) is 19.1 Å². The maximum absolute atomic E-state index is 14.2. The molecule has 0 spiro atoms. The number of carbonyl (C=O) groups excluding carboxylic acids is 1. The average molecular weight is 558 g/mol. The summed E-state index contributed by atoms with van der Waals surface area (Å²) in [6.45, 7) is 3.11. The molecule has 3 aromatic heterocycles. The second-order valence-corrected chi connectivity index (χ2v) is 9.91. The number of carbonyl (C=O) groups is 1. The van der Waals surface area contributed by atoms with Gasteiger partial charge >= 0.3 is 6.18 Å². The molecule has 39 heavy (non-hydrogen) atoms. The molecule has 0 unspecified atom stereocenters. The van der Waals surface area contributed by atoms with Gasteiger partial charge in [0.25, 0.3) is 5.91 Å². The number of hydrogen-bond donors (Lipinski definition) is 1. The standard InChI is InChI=1S/C27H26F3N5O3S/c1-17-23(18-3-5-20(38-2)6-4-18)32-25-21(15-31-35(25)24(17)27(28,29)30)26(37)34-11-9-33(10-12-34)22(7-13-36)19-8-14-39-16-19/h3-8,13-16,22,36H,9-12H2,1-2H3/b13-7+/t22-/m1/s1. The molecule has 5 rings (SSSR count). The van der Waals surface area contributed by atoms with Crippen molar-refractivity contribution in [1.29, 1.82) is 0 Å². The molecule has 0 aliphatic carbocycles. The van der Waals surface area contributed by atoms with Crippen molar-refractivity contribution in [2.24, 2.45) is 0 Å². The van der Waals surface area contributed by atoms with E-state index in [0.717, 1.165) is 18.0 Å². The van der Waals surface area contributed by atoms with Gasteiger partial charge in [0.15, 0.2) is 11.3 Å². The zero-order valence-corrected chi connectivity index (χ0v) is 22.0. The Bertz CT molecular complexity index is 1490. The monoisotopic (exact) mass is 557 g/mol. The number of ether oxygens (including phenoxy) is 1. The quantitative estimate of drug-likeness (QED) is 0.321. The molecular formula is C27H26F3N5O3S. The van der Waals surface area contributed by atoms with E-state index in [1.807, 2.05) is 16.8 Å². The number of halogens is 3. The number of aliphatic hydroxyl groups excluding tert-OH is 1. The lowest BCUT2D eigenvalue weighted by Gasteiger charge is -2.38. The van der Waals surface area contributed by atoms with Crippen LogP contribution in [-0.2, 0) is 6.18 Å². The number of amides is 1. The van der Waals surface area contributed by atoms with E-state index in [2.05, 4.69) is 15.0 Å². The van der Waals surface area contributed by atoms with Crippen LogP contribution in [0.2, 0.25) is 0 Å². The molecule has 4 heterocycles. The molecule has 1 aliphatic rings. The Morgan fingerprint density at radius 2 is 1.87 bits per heavy atom. The van der Waals surface area contributed by atoms with Crippen LogP contribution in [0.15, 0.2) is 59.6 Å². The van der Waals surface area contributed by atoms with Gasteiger partial charge in [-0.15, -0.1) is 0 Å². The van der Waals surface area contributed by atoms with Crippen LogP contribution in [-0.4, -0.2) is 68.7 Å². The topological polar surface area (TPSA) is 83.2 Å². The number of fused-ring (bicyclic) bond motifs is 1. The van der Waals surface area contributed by atoms with Crippen LogP contribution in [0.1, 0.15) is 33.2 Å². The summed E-state index contributed by atoms with van der Waals surface area (Å²) < 4.78 is 48.5. The lowest BCUT2D eigenvalue weighted by Crippen LogP contribution is -2.49. The Morgan fingerprint density at radius 1 is 1.15 bits per heavy atom. The van der Waals surface area contributed by atoms with Gasteiger partial charge in [-0.25, -0.2) is 9.50 Å². The predicted molar refractivity (Wildman–Crippen MR) is 141 cm³/mol. The van der Waals surface area contributed by atoms with Gasteiger partial charge in [0, 0.05) is 37.3 Å². The summed E-state index contributed by atoms with van der Waals surface area (Å²) >= 11 is 1.56. The van der Waals surface area contributed by atoms with Crippen LogP contribution < -0.4 is 4.74 Å². The highest BCUT2D eigenvalue weighted by atomic mass is 32.1. The maximum atomic E-state index is 14.2. The molecule has 1 atom stereocenters. The number of benzene rings is 1. The van der Waals surface area contributed by atoms with Gasteiger partial charge in [-0.2, -0.15) is 29.6 Å². The highest BCUT2D eigenvalue weighted by Crippen LogP contribution is 2.37. The Kier molecular flexibility index (Phi) is 7.32. The molecule has 1 saturated heterocycles. The Hall–Kier alpha value is -3.90. The molecule has 204 valence electrons. The van der Waals surface area contributed by atoms with Crippen LogP contribution in [0.5, 0.6) is 5.75 Å². The highest BCUT2D eigenvalue weighted by molar-refractivity contribution is 7.08. The largest absolute Gasteiger partial charge is 0.516 e. The van der Waals surface area contributed by atoms with E-state index in [1.165, 1.54) is 14.0 Å². The first-order valence-corrected chi connectivity index (χ1v) is 13.1. The average Bonchev–Trinajstić information content (AvgIpc) is 3.61. The van der Waals surface area contributed by atoms with Gasteiger partial charge in [0.1, 0.15) is 11.3 Å². The SMILES string of the molecule is COc1ccc(-c2nc3c(C(=O)N4CCN([C@H](/C=C/O)c5ccsc5)CC4)cnn3c(C(F)(F)F)c2C)cc1. The fourth-order valence-corrected chi connectivity index (χ4v) is 5.62. The van der Waals surface area contributed by atoms with Crippen molar-refractivity contribution in [1.82, 2.24) is 24.4 Å². The van der Waals surface area contributed by atoms with E-state index < -0.39 is 17.8 Å². The lowest BCUT2D eigenvalue weighted by atomic mass is 10.0. The summed E-state index contributed by atoms with van der Waals surface area (Å²) in [5, 5.41) is 17.3. The van der Waals surface area contributed by atoms with Gasteiger partial charge in [-0.1, -0.05) is 0 Å². The van der Waals surface area contributed by atoms with Crippen molar-refractivity contribution in [3.05, 3.63) is 82.0 Å². The number of piperazine rings is 1. The predicted octanol–water partition coefficient (Wildman–Crippen LogP) is 5.36. The van der Waals surface area contributed by atoms with Crippen molar-refractivity contribution < 1.29 is 27.8 Å². The lowest BCUT2D eigenvalue weighted by molar-refractivity contribution is -0.143. The minimum Gasteiger partial charge on any atom is -0.516 e. The number of aliphatic hydroxyl groups is 1. The van der Waals surface area contributed by atoms with Gasteiger partial charge in [-0.3, -0.25) is 9.69 Å². The second-order valence-electron chi connectivity index (χ2n) is 9.13. The van der Waals surface area contributed by atoms with Gasteiger partial charge < -0.3 is 14.7 Å². The number of nitrogens with zero attached hydrogens (tertiary/aromatic N) is 5. The summed E-state index contributed by atoms with van der Waals surface area (Å²) in [5.74, 6) is 0.128. The summed E-state index contributed by atoms with van der Waals surface area (Å²) in [6.07, 6.45) is -0.852. The van der Waals surface area contributed by atoms with E-state index in [1.54, 1.807) is 46.6 Å². The number of hydrogen-bond acceptors (Lipinski definition) is 7. The Labute approximate surface area is 226 Å². The maximum Gasteiger partial charge on any atom is 0.433 e. The van der Waals surface area contributed by atoms with Gasteiger partial charge in [0.05, 0.1) is 31.3 Å². The number of rotatable bonds is 6. The molecule has 8 nitrogen and oxygen atoms in total. The molecule has 1 aliphatic heterocycles. The van der Waals surface area contributed by atoms with Crippen molar-refractivity contribution >= 4 is 22.9 Å². The second kappa shape index (κ2) is 10.7. The molecule has 12 heteroatoms. The third-order valence-electron chi connectivity index (χ3n) is 6.89. The molecule has 1 fully saturated rings. The minimum absolute atomic E-state index is 0.00773. The van der Waals surface area contributed by atoms with E-state index in [4.69, 9.17) is 4.74 Å².